The van der Waals surface area contributed by atoms with Gasteiger partial charge in [-0.15, -0.1) is 0 Å². The van der Waals surface area contributed by atoms with Gasteiger partial charge in [0.25, 0.3) is 5.69 Å². The van der Waals surface area contributed by atoms with Crippen molar-refractivity contribution in [2.24, 2.45) is 11.8 Å². The maximum Gasteiger partial charge on any atom is 0.293 e. The average molecular weight is 276 g/mol. The van der Waals surface area contributed by atoms with Gasteiger partial charge in [0.1, 0.15) is 12.0 Å². The van der Waals surface area contributed by atoms with Gasteiger partial charge >= 0.3 is 0 Å². The Morgan fingerprint density at radius 2 is 2.10 bits per heavy atom. The van der Waals surface area contributed by atoms with Gasteiger partial charge in [0.2, 0.25) is 0 Å². The fourth-order valence-electron chi connectivity index (χ4n) is 2.97. The molecule has 1 aliphatic carbocycles. The zero-order valence-electron chi connectivity index (χ0n) is 11.8. The number of nitrogens with zero attached hydrogens (tertiary/aromatic N) is 1. The van der Waals surface area contributed by atoms with E-state index < -0.39 is 4.92 Å². The number of nitro benzene ring substituents is 1. The molecule has 1 N–H and O–H groups in total. The van der Waals surface area contributed by atoms with Crippen molar-refractivity contribution in [1.82, 2.24) is 0 Å². The van der Waals surface area contributed by atoms with Gasteiger partial charge in [-0.2, -0.15) is 0 Å². The summed E-state index contributed by atoms with van der Waals surface area (Å²) >= 11 is 0. The molecule has 0 aromatic heterocycles. The summed E-state index contributed by atoms with van der Waals surface area (Å²) in [6, 6.07) is 4.82. The molecule has 0 aliphatic heterocycles. The second-order valence-corrected chi connectivity index (χ2v) is 5.80. The molecule has 1 aromatic carbocycles. The van der Waals surface area contributed by atoms with Crippen LogP contribution in [0.25, 0.3) is 0 Å². The highest BCUT2D eigenvalue weighted by Crippen LogP contribution is 2.33. The van der Waals surface area contributed by atoms with Gasteiger partial charge in [-0.3, -0.25) is 14.9 Å². The van der Waals surface area contributed by atoms with Gasteiger partial charge < -0.3 is 5.32 Å². The van der Waals surface area contributed by atoms with Crippen LogP contribution in [0.1, 0.15) is 43.5 Å². The summed E-state index contributed by atoms with van der Waals surface area (Å²) in [6.07, 6.45) is 3.93. The molecule has 0 saturated heterocycles. The fourth-order valence-corrected chi connectivity index (χ4v) is 2.97. The molecule has 0 radical (unpaired) electrons. The Morgan fingerprint density at radius 3 is 2.70 bits per heavy atom. The summed E-state index contributed by atoms with van der Waals surface area (Å²) in [4.78, 5) is 21.4. The van der Waals surface area contributed by atoms with Crippen molar-refractivity contribution in [2.75, 3.05) is 5.32 Å². The molecule has 1 fully saturated rings. The number of rotatable bonds is 4. The first-order chi connectivity index (χ1) is 9.51. The van der Waals surface area contributed by atoms with Crippen molar-refractivity contribution in [1.29, 1.82) is 0 Å². The number of nitro groups is 1. The van der Waals surface area contributed by atoms with E-state index in [4.69, 9.17) is 0 Å². The van der Waals surface area contributed by atoms with Crippen LogP contribution in [0.3, 0.4) is 0 Å². The Hall–Kier alpha value is -1.91. The first kappa shape index (κ1) is 14.5. The Kier molecular flexibility index (Phi) is 4.37. The van der Waals surface area contributed by atoms with Crippen LogP contribution >= 0.6 is 0 Å². The zero-order chi connectivity index (χ0) is 14.7. The lowest BCUT2D eigenvalue weighted by Crippen LogP contribution is -2.33. The molecule has 1 aromatic rings. The topological polar surface area (TPSA) is 72.2 Å². The number of benzene rings is 1. The monoisotopic (exact) mass is 276 g/mol. The predicted octanol–water partition coefficient (Wildman–Crippen LogP) is 3.64. The number of carbonyl (C=O) groups excluding carboxylic acids is 1. The molecular formula is C15H20N2O3. The van der Waals surface area contributed by atoms with Gasteiger partial charge in [0, 0.05) is 17.7 Å². The summed E-state index contributed by atoms with van der Waals surface area (Å²) in [5, 5.41) is 14.4. The Balaban J connectivity index is 2.20. The van der Waals surface area contributed by atoms with E-state index in [2.05, 4.69) is 19.2 Å². The zero-order valence-corrected chi connectivity index (χ0v) is 11.8. The molecule has 0 bridgehead atoms. The quantitative estimate of drug-likeness (QED) is 0.517. The molecule has 3 unspecified atom stereocenters. The van der Waals surface area contributed by atoms with E-state index in [0.29, 0.717) is 23.5 Å². The minimum Gasteiger partial charge on any atom is -0.376 e. The number of aldehydes is 1. The lowest BCUT2D eigenvalue weighted by Gasteiger charge is -2.33. The largest absolute Gasteiger partial charge is 0.376 e. The van der Waals surface area contributed by atoms with Gasteiger partial charge in [-0.25, -0.2) is 0 Å². The lowest BCUT2D eigenvalue weighted by atomic mass is 9.80. The molecule has 2 rings (SSSR count). The van der Waals surface area contributed by atoms with Crippen molar-refractivity contribution in [2.45, 2.75) is 39.2 Å². The van der Waals surface area contributed by atoms with Gasteiger partial charge in [-0.05, 0) is 43.2 Å². The predicted molar refractivity (Wildman–Crippen MR) is 78.1 cm³/mol. The highest BCUT2D eigenvalue weighted by atomic mass is 16.6. The number of hydrogen-bond donors (Lipinski definition) is 1. The summed E-state index contributed by atoms with van der Waals surface area (Å²) in [7, 11) is 0. The molecule has 1 saturated carbocycles. The summed E-state index contributed by atoms with van der Waals surface area (Å²) < 4.78 is 0. The van der Waals surface area contributed by atoms with Crippen LogP contribution < -0.4 is 5.32 Å². The molecule has 3 atom stereocenters. The Morgan fingerprint density at radius 1 is 1.35 bits per heavy atom. The molecule has 5 nitrogen and oxygen atoms in total. The third-order valence-corrected chi connectivity index (χ3v) is 4.13. The van der Waals surface area contributed by atoms with Crippen LogP contribution in [0, 0.1) is 22.0 Å². The van der Waals surface area contributed by atoms with Crippen molar-refractivity contribution in [3.05, 3.63) is 33.9 Å². The maximum atomic E-state index is 11.1. The normalized spacial score (nSPS) is 26.0. The molecule has 20 heavy (non-hydrogen) atoms. The fraction of sp³-hybridized carbons (Fsp3) is 0.533. The number of hydrogen-bond acceptors (Lipinski definition) is 4. The highest BCUT2D eigenvalue weighted by Gasteiger charge is 2.27. The molecule has 0 spiro atoms. The van der Waals surface area contributed by atoms with Crippen molar-refractivity contribution in [3.63, 3.8) is 0 Å². The van der Waals surface area contributed by atoms with E-state index in [9.17, 15) is 14.9 Å². The van der Waals surface area contributed by atoms with Crippen molar-refractivity contribution < 1.29 is 9.72 Å². The minimum atomic E-state index is -0.439. The van der Waals surface area contributed by atoms with Gasteiger partial charge in [0.05, 0.1) is 4.92 Å². The Bertz CT molecular complexity index is 516. The highest BCUT2D eigenvalue weighted by molar-refractivity contribution is 5.79. The number of carbonyl (C=O) groups is 1. The summed E-state index contributed by atoms with van der Waals surface area (Å²) in [5.74, 6) is 1.21. The van der Waals surface area contributed by atoms with Crippen LogP contribution in [0.15, 0.2) is 18.2 Å². The van der Waals surface area contributed by atoms with E-state index >= 15 is 0 Å². The summed E-state index contributed by atoms with van der Waals surface area (Å²) in [5.41, 5.74) is 0.806. The standard InChI is InChI=1S/C15H20N2O3/c1-10-3-5-13(11(2)7-10)16-14-6-4-12(9-18)8-15(14)17(19)20/h4,6,8-11,13,16H,3,5,7H2,1-2H3. The second-order valence-electron chi connectivity index (χ2n) is 5.80. The van der Waals surface area contributed by atoms with Gasteiger partial charge in [-0.1, -0.05) is 13.8 Å². The molecule has 5 heteroatoms. The van der Waals surface area contributed by atoms with Crippen molar-refractivity contribution >= 4 is 17.7 Å². The molecule has 0 amide bonds. The summed E-state index contributed by atoms with van der Waals surface area (Å²) in [6.45, 7) is 4.42. The first-order valence-corrected chi connectivity index (χ1v) is 7.01. The molecule has 1 aliphatic rings. The third kappa shape index (κ3) is 3.15. The lowest BCUT2D eigenvalue weighted by molar-refractivity contribution is -0.384. The van der Waals surface area contributed by atoms with Crippen molar-refractivity contribution in [3.8, 4) is 0 Å². The molecule has 108 valence electrons. The maximum absolute atomic E-state index is 11.1. The minimum absolute atomic E-state index is 0.0274. The van der Waals surface area contributed by atoms with E-state index in [-0.39, 0.29) is 11.7 Å². The van der Waals surface area contributed by atoms with Gasteiger partial charge in [0.15, 0.2) is 0 Å². The van der Waals surface area contributed by atoms with E-state index in [1.54, 1.807) is 12.1 Å². The van der Waals surface area contributed by atoms with E-state index in [1.165, 1.54) is 6.07 Å². The first-order valence-electron chi connectivity index (χ1n) is 7.01. The van der Waals surface area contributed by atoms with Crippen LogP contribution in [-0.2, 0) is 0 Å². The molecule has 0 heterocycles. The van der Waals surface area contributed by atoms with Crippen LogP contribution in [0.5, 0.6) is 0 Å². The number of anilines is 1. The van der Waals surface area contributed by atoms with E-state index in [0.717, 1.165) is 25.2 Å². The number of nitrogens with one attached hydrogen (secondary N) is 1. The average Bonchev–Trinajstić information content (AvgIpc) is 2.42. The van der Waals surface area contributed by atoms with Crippen LogP contribution in [-0.4, -0.2) is 17.3 Å². The molecular weight excluding hydrogens is 256 g/mol. The van der Waals surface area contributed by atoms with Crippen LogP contribution in [0.2, 0.25) is 0 Å². The Labute approximate surface area is 118 Å². The second kappa shape index (κ2) is 6.03. The van der Waals surface area contributed by atoms with E-state index in [1.807, 2.05) is 0 Å². The third-order valence-electron chi connectivity index (χ3n) is 4.13. The smallest absolute Gasteiger partial charge is 0.293 e. The SMILES string of the molecule is CC1CCC(Nc2ccc(C=O)cc2[N+](=O)[O-])C(C)C1. The van der Waals surface area contributed by atoms with Crippen LogP contribution in [0.4, 0.5) is 11.4 Å².